The Labute approximate surface area is 159 Å². The maximum absolute atomic E-state index is 13.5. The summed E-state index contributed by atoms with van der Waals surface area (Å²) < 4.78 is 58.9. The van der Waals surface area contributed by atoms with Crippen LogP contribution in [0.1, 0.15) is 18.1 Å². The number of hydrogen-bond donors (Lipinski definition) is 0. The van der Waals surface area contributed by atoms with E-state index < -0.39 is 23.4 Å². The average Bonchev–Trinajstić information content (AvgIpc) is 2.67. The summed E-state index contributed by atoms with van der Waals surface area (Å²) in [4.78, 5) is 9.31. The number of halogens is 4. The van der Waals surface area contributed by atoms with Gasteiger partial charge in [0, 0.05) is 18.4 Å². The lowest BCUT2D eigenvalue weighted by Gasteiger charge is -2.22. The van der Waals surface area contributed by atoms with E-state index in [0.29, 0.717) is 24.0 Å². The summed E-state index contributed by atoms with van der Waals surface area (Å²) in [6.45, 7) is 2.01. The van der Waals surface area contributed by atoms with Gasteiger partial charge < -0.3 is 9.64 Å². The van der Waals surface area contributed by atoms with Crippen molar-refractivity contribution in [3.8, 4) is 5.88 Å². The summed E-state index contributed by atoms with van der Waals surface area (Å²) in [6, 6.07) is 14.5. The van der Waals surface area contributed by atoms with Crippen molar-refractivity contribution in [3.63, 3.8) is 0 Å². The molecule has 1 aromatic heterocycles. The molecule has 0 saturated heterocycles. The summed E-state index contributed by atoms with van der Waals surface area (Å²) in [6.07, 6.45) is -3.98. The summed E-state index contributed by atoms with van der Waals surface area (Å²) in [5.74, 6) is -1.05. The second-order valence-electron chi connectivity index (χ2n) is 5.88. The number of benzene rings is 2. The molecule has 0 aliphatic carbocycles. The van der Waals surface area contributed by atoms with Gasteiger partial charge in [0.15, 0.2) is 0 Å². The van der Waals surface area contributed by atoms with E-state index in [4.69, 9.17) is 4.74 Å². The van der Waals surface area contributed by atoms with E-state index in [1.165, 1.54) is 23.1 Å². The third kappa shape index (κ3) is 4.57. The van der Waals surface area contributed by atoms with Gasteiger partial charge in [0.05, 0.1) is 0 Å². The largest absolute Gasteiger partial charge is 0.472 e. The SMILES string of the molecule is CCN(c1cccc(F)c1)c1ncc(C(F)(F)F)c(OCc2ccccc2)n1. The molecule has 0 amide bonds. The highest BCUT2D eigenvalue weighted by molar-refractivity contribution is 5.57. The molecular formula is C20H17F4N3O. The molecule has 146 valence electrons. The normalized spacial score (nSPS) is 11.3. The van der Waals surface area contributed by atoms with Crippen LogP contribution in [0.4, 0.5) is 29.2 Å². The van der Waals surface area contributed by atoms with Gasteiger partial charge in [-0.1, -0.05) is 36.4 Å². The summed E-state index contributed by atoms with van der Waals surface area (Å²) in [5, 5.41) is 0. The van der Waals surface area contributed by atoms with Gasteiger partial charge in [-0.05, 0) is 30.7 Å². The van der Waals surface area contributed by atoms with Crippen molar-refractivity contribution in [2.75, 3.05) is 11.4 Å². The lowest BCUT2D eigenvalue weighted by Crippen LogP contribution is -2.21. The fourth-order valence-corrected chi connectivity index (χ4v) is 2.60. The molecule has 4 nitrogen and oxygen atoms in total. The molecule has 0 aliphatic rings. The average molecular weight is 391 g/mol. The van der Waals surface area contributed by atoms with Crippen molar-refractivity contribution < 1.29 is 22.3 Å². The number of rotatable bonds is 6. The van der Waals surface area contributed by atoms with E-state index in [1.54, 1.807) is 43.3 Å². The molecule has 2 aromatic carbocycles. The first kappa shape index (κ1) is 19.6. The highest BCUT2D eigenvalue weighted by Crippen LogP contribution is 2.36. The number of aromatic nitrogens is 2. The molecule has 0 radical (unpaired) electrons. The van der Waals surface area contributed by atoms with Crippen LogP contribution < -0.4 is 9.64 Å². The van der Waals surface area contributed by atoms with Crippen molar-refractivity contribution >= 4 is 11.6 Å². The van der Waals surface area contributed by atoms with Gasteiger partial charge in [0.2, 0.25) is 11.8 Å². The van der Waals surface area contributed by atoms with Crippen molar-refractivity contribution in [2.24, 2.45) is 0 Å². The van der Waals surface area contributed by atoms with Gasteiger partial charge in [-0.25, -0.2) is 9.37 Å². The fourth-order valence-electron chi connectivity index (χ4n) is 2.60. The van der Waals surface area contributed by atoms with E-state index in [9.17, 15) is 17.6 Å². The molecule has 0 fully saturated rings. The Morgan fingerprint density at radius 3 is 2.43 bits per heavy atom. The Kier molecular flexibility index (Phi) is 5.77. The van der Waals surface area contributed by atoms with Crippen molar-refractivity contribution in [1.82, 2.24) is 9.97 Å². The number of nitrogens with zero attached hydrogens (tertiary/aromatic N) is 3. The fraction of sp³-hybridized carbons (Fsp3) is 0.200. The third-order valence-corrected chi connectivity index (χ3v) is 3.94. The van der Waals surface area contributed by atoms with Gasteiger partial charge in [0.1, 0.15) is 18.0 Å². The molecule has 0 atom stereocenters. The van der Waals surface area contributed by atoms with Crippen molar-refractivity contribution in [2.45, 2.75) is 19.7 Å². The van der Waals surface area contributed by atoms with Crippen LogP contribution >= 0.6 is 0 Å². The smallest absolute Gasteiger partial charge is 0.423 e. The van der Waals surface area contributed by atoms with Crippen LogP contribution in [0.25, 0.3) is 0 Å². The highest BCUT2D eigenvalue weighted by Gasteiger charge is 2.36. The minimum absolute atomic E-state index is 0.0100. The predicted molar refractivity (Wildman–Crippen MR) is 96.9 cm³/mol. The zero-order chi connectivity index (χ0) is 20.1. The van der Waals surface area contributed by atoms with Crippen LogP contribution in [-0.2, 0) is 12.8 Å². The Bertz CT molecular complexity index is 932. The van der Waals surface area contributed by atoms with Crippen LogP contribution in [0.2, 0.25) is 0 Å². The number of anilines is 2. The van der Waals surface area contributed by atoms with Gasteiger partial charge in [-0.2, -0.15) is 18.2 Å². The molecule has 3 rings (SSSR count). The molecule has 1 heterocycles. The number of hydrogen-bond acceptors (Lipinski definition) is 4. The second kappa shape index (κ2) is 8.24. The van der Waals surface area contributed by atoms with Crippen LogP contribution in [-0.4, -0.2) is 16.5 Å². The zero-order valence-electron chi connectivity index (χ0n) is 14.9. The van der Waals surface area contributed by atoms with Gasteiger partial charge >= 0.3 is 6.18 Å². The molecule has 0 aliphatic heterocycles. The van der Waals surface area contributed by atoms with Crippen LogP contribution in [0.3, 0.4) is 0 Å². The highest BCUT2D eigenvalue weighted by atomic mass is 19.4. The standard InChI is InChI=1S/C20H17F4N3O/c1-2-27(16-10-6-9-15(21)11-16)19-25-12-17(20(22,23)24)18(26-19)28-13-14-7-4-3-5-8-14/h3-12H,2,13H2,1H3. The lowest BCUT2D eigenvalue weighted by molar-refractivity contribution is -0.139. The number of alkyl halides is 3. The van der Waals surface area contributed by atoms with Gasteiger partial charge in [-0.3, -0.25) is 0 Å². The van der Waals surface area contributed by atoms with Crippen LogP contribution in [0, 0.1) is 5.82 Å². The first-order valence-corrected chi connectivity index (χ1v) is 8.52. The quantitative estimate of drug-likeness (QED) is 0.530. The molecule has 0 unspecified atom stereocenters. The summed E-state index contributed by atoms with van der Waals surface area (Å²) in [5.41, 5.74) is 0.0620. The van der Waals surface area contributed by atoms with E-state index >= 15 is 0 Å². The molecular weight excluding hydrogens is 374 g/mol. The molecule has 0 N–H and O–H groups in total. The van der Waals surface area contributed by atoms with Crippen molar-refractivity contribution in [1.29, 1.82) is 0 Å². The summed E-state index contributed by atoms with van der Waals surface area (Å²) >= 11 is 0. The minimum Gasteiger partial charge on any atom is -0.472 e. The molecule has 0 saturated carbocycles. The summed E-state index contributed by atoms with van der Waals surface area (Å²) in [7, 11) is 0. The van der Waals surface area contributed by atoms with E-state index in [0.717, 1.165) is 0 Å². The Hall–Kier alpha value is -3.16. The minimum atomic E-state index is -4.67. The molecule has 28 heavy (non-hydrogen) atoms. The maximum atomic E-state index is 13.5. The van der Waals surface area contributed by atoms with Crippen LogP contribution in [0.15, 0.2) is 60.8 Å². The van der Waals surface area contributed by atoms with Crippen LogP contribution in [0.5, 0.6) is 5.88 Å². The first-order chi connectivity index (χ1) is 13.4. The molecule has 8 heteroatoms. The number of ether oxygens (including phenoxy) is 1. The maximum Gasteiger partial charge on any atom is 0.423 e. The van der Waals surface area contributed by atoms with E-state index in [2.05, 4.69) is 9.97 Å². The topological polar surface area (TPSA) is 38.2 Å². The van der Waals surface area contributed by atoms with Crippen molar-refractivity contribution in [3.05, 3.63) is 77.7 Å². The zero-order valence-corrected chi connectivity index (χ0v) is 14.9. The Balaban J connectivity index is 1.96. The Morgan fingerprint density at radius 2 is 1.79 bits per heavy atom. The second-order valence-corrected chi connectivity index (χ2v) is 5.88. The third-order valence-electron chi connectivity index (χ3n) is 3.94. The molecule has 0 bridgehead atoms. The van der Waals surface area contributed by atoms with E-state index in [1.807, 2.05) is 0 Å². The monoisotopic (exact) mass is 391 g/mol. The van der Waals surface area contributed by atoms with Gasteiger partial charge in [0.25, 0.3) is 0 Å². The molecule has 3 aromatic rings. The van der Waals surface area contributed by atoms with E-state index in [-0.39, 0.29) is 12.6 Å². The molecule has 0 spiro atoms. The predicted octanol–water partition coefficient (Wildman–Crippen LogP) is 5.37. The Morgan fingerprint density at radius 1 is 1.04 bits per heavy atom. The lowest BCUT2D eigenvalue weighted by atomic mass is 10.2. The first-order valence-electron chi connectivity index (χ1n) is 8.52. The van der Waals surface area contributed by atoms with Gasteiger partial charge in [-0.15, -0.1) is 0 Å².